The summed E-state index contributed by atoms with van der Waals surface area (Å²) in [5.41, 5.74) is 1.24. The minimum atomic E-state index is -4.12. The van der Waals surface area contributed by atoms with Crippen LogP contribution in [0.3, 0.4) is 0 Å². The first-order valence-corrected chi connectivity index (χ1v) is 8.45. The van der Waals surface area contributed by atoms with Crippen molar-refractivity contribution < 1.29 is 12.6 Å². The van der Waals surface area contributed by atoms with Gasteiger partial charge in [0, 0.05) is 0 Å². The Balaban J connectivity index is 2.06. The third-order valence-electron chi connectivity index (χ3n) is 3.08. The third-order valence-corrected chi connectivity index (χ3v) is 4.34. The molecule has 1 aromatic heterocycles. The van der Waals surface area contributed by atoms with Crippen LogP contribution in [0.4, 0.5) is 0 Å². The number of benzene rings is 2. The molecule has 0 atom stereocenters. The Morgan fingerprint density at radius 2 is 1.46 bits per heavy atom. The van der Waals surface area contributed by atoms with E-state index in [0.717, 1.165) is 5.56 Å². The lowest BCUT2D eigenvalue weighted by atomic mass is 10.1. The van der Waals surface area contributed by atoms with Gasteiger partial charge in [-0.15, -0.1) is 0 Å². The molecule has 0 saturated heterocycles. The fraction of sp³-hybridized carbons (Fsp3) is 0. The number of nitrogens with zero attached hydrogens (tertiary/aromatic N) is 3. The number of rotatable bonds is 5. The average molecular weight is 339 g/mol. The topological polar surface area (TPSA) is 82.0 Å². The number of hydrogen-bond donors (Lipinski definition) is 0. The van der Waals surface area contributed by atoms with E-state index in [1.54, 1.807) is 42.5 Å². The highest BCUT2D eigenvalue weighted by atomic mass is 32.2. The summed E-state index contributed by atoms with van der Waals surface area (Å²) >= 11 is 0. The third kappa shape index (κ3) is 3.82. The molecule has 24 heavy (non-hydrogen) atoms. The molecular formula is C17H13N3O3S. The van der Waals surface area contributed by atoms with Crippen LogP contribution in [0, 0.1) is 0 Å². The van der Waals surface area contributed by atoms with Crippen molar-refractivity contribution in [3.8, 4) is 6.01 Å². The van der Waals surface area contributed by atoms with Gasteiger partial charge < -0.3 is 4.18 Å². The van der Waals surface area contributed by atoms with Gasteiger partial charge in [0.15, 0.2) is 0 Å². The van der Waals surface area contributed by atoms with E-state index in [9.17, 15) is 8.42 Å². The largest absolute Gasteiger partial charge is 0.342 e. The van der Waals surface area contributed by atoms with Gasteiger partial charge >= 0.3 is 16.1 Å². The van der Waals surface area contributed by atoms with Crippen LogP contribution in [0.2, 0.25) is 0 Å². The second-order valence-corrected chi connectivity index (χ2v) is 6.26. The molecule has 3 rings (SSSR count). The summed E-state index contributed by atoms with van der Waals surface area (Å²) in [6.07, 6.45) is 3.88. The zero-order valence-electron chi connectivity index (χ0n) is 12.5. The molecule has 120 valence electrons. The van der Waals surface area contributed by atoms with Gasteiger partial charge in [-0.25, -0.2) is 4.98 Å². The lowest BCUT2D eigenvalue weighted by Gasteiger charge is -2.09. The maximum atomic E-state index is 12.7. The van der Waals surface area contributed by atoms with Crippen LogP contribution in [0.5, 0.6) is 6.01 Å². The van der Waals surface area contributed by atoms with Gasteiger partial charge in [-0.2, -0.15) is 18.4 Å². The molecule has 0 aliphatic rings. The van der Waals surface area contributed by atoms with Crippen LogP contribution in [0.25, 0.3) is 11.0 Å². The molecule has 0 N–H and O–H groups in total. The monoisotopic (exact) mass is 339 g/mol. The van der Waals surface area contributed by atoms with E-state index in [1.165, 1.54) is 12.7 Å². The van der Waals surface area contributed by atoms with Crippen LogP contribution in [-0.2, 0) is 10.1 Å². The Labute approximate surface area is 139 Å². The summed E-state index contributed by atoms with van der Waals surface area (Å²) in [6.45, 7) is 0. The fourth-order valence-electron chi connectivity index (χ4n) is 2.02. The predicted molar refractivity (Wildman–Crippen MR) is 90.1 cm³/mol. The first kappa shape index (κ1) is 15.8. The highest BCUT2D eigenvalue weighted by Crippen LogP contribution is 2.25. The van der Waals surface area contributed by atoms with E-state index in [1.807, 2.05) is 24.3 Å². The standard InChI is InChI=1S/C17H13N3O3S/c21-24(22,23-17-19-12-18-13-20-17)16(15-9-5-2-6-10-15)11-14-7-3-1-4-8-14/h1-13H. The minimum absolute atomic E-state index is 0.0229. The summed E-state index contributed by atoms with van der Waals surface area (Å²) in [5, 5.41) is 0. The molecule has 0 spiro atoms. The molecule has 3 aromatic rings. The molecule has 0 aliphatic carbocycles. The van der Waals surface area contributed by atoms with Crippen LogP contribution < -0.4 is 4.18 Å². The van der Waals surface area contributed by atoms with Crippen molar-refractivity contribution in [3.63, 3.8) is 0 Å². The normalized spacial score (nSPS) is 11.9. The van der Waals surface area contributed by atoms with Crippen molar-refractivity contribution in [2.45, 2.75) is 0 Å². The van der Waals surface area contributed by atoms with Gasteiger partial charge in [-0.05, 0) is 17.2 Å². The fourth-order valence-corrected chi connectivity index (χ4v) is 3.09. The first-order valence-electron chi connectivity index (χ1n) is 7.04. The molecule has 0 saturated carbocycles. The Morgan fingerprint density at radius 3 is 2.08 bits per heavy atom. The van der Waals surface area contributed by atoms with Crippen LogP contribution >= 0.6 is 0 Å². The molecule has 6 nitrogen and oxygen atoms in total. The summed E-state index contributed by atoms with van der Waals surface area (Å²) in [4.78, 5) is 11.0. The Kier molecular flexibility index (Phi) is 4.62. The van der Waals surface area contributed by atoms with Crippen molar-refractivity contribution in [2.24, 2.45) is 0 Å². The highest BCUT2D eigenvalue weighted by molar-refractivity contribution is 7.96. The summed E-state index contributed by atoms with van der Waals surface area (Å²) in [6, 6.07) is 17.6. The van der Waals surface area contributed by atoms with E-state index < -0.39 is 10.1 Å². The Bertz CT molecular complexity index is 929. The van der Waals surface area contributed by atoms with Gasteiger partial charge in [0.05, 0.1) is 0 Å². The SMILES string of the molecule is O=S(=O)(Oc1ncncn1)C(=Cc1ccccc1)c1ccccc1. The van der Waals surface area contributed by atoms with Crippen LogP contribution in [-0.4, -0.2) is 23.4 Å². The summed E-state index contributed by atoms with van der Waals surface area (Å²) in [7, 11) is -4.12. The van der Waals surface area contributed by atoms with Gasteiger partial charge in [-0.3, -0.25) is 0 Å². The molecule has 0 unspecified atom stereocenters. The molecule has 0 aliphatic heterocycles. The van der Waals surface area contributed by atoms with E-state index >= 15 is 0 Å². The van der Waals surface area contributed by atoms with E-state index in [4.69, 9.17) is 4.18 Å². The van der Waals surface area contributed by atoms with Gasteiger partial charge in [0.25, 0.3) is 0 Å². The Hall–Kier alpha value is -3.06. The molecular weight excluding hydrogens is 326 g/mol. The molecule has 0 fully saturated rings. The predicted octanol–water partition coefficient (Wildman–Crippen LogP) is 2.78. The summed E-state index contributed by atoms with van der Waals surface area (Å²) < 4.78 is 30.5. The molecule has 2 aromatic carbocycles. The lowest BCUT2D eigenvalue weighted by molar-refractivity contribution is 0.473. The van der Waals surface area contributed by atoms with Crippen molar-refractivity contribution in [2.75, 3.05) is 0 Å². The van der Waals surface area contributed by atoms with Crippen molar-refractivity contribution in [3.05, 3.63) is 84.4 Å². The molecule has 0 bridgehead atoms. The van der Waals surface area contributed by atoms with Crippen molar-refractivity contribution >= 4 is 21.1 Å². The number of hydrogen-bond acceptors (Lipinski definition) is 6. The number of aromatic nitrogens is 3. The maximum Gasteiger partial charge on any atom is 0.342 e. The van der Waals surface area contributed by atoms with E-state index in [2.05, 4.69) is 15.0 Å². The summed E-state index contributed by atoms with van der Waals surface area (Å²) in [5.74, 6) is 0. The van der Waals surface area contributed by atoms with Crippen molar-refractivity contribution in [1.29, 1.82) is 0 Å². The molecule has 7 heteroatoms. The lowest BCUT2D eigenvalue weighted by Crippen LogP contribution is -2.13. The molecule has 0 radical (unpaired) electrons. The smallest absolute Gasteiger partial charge is 0.339 e. The average Bonchev–Trinajstić information content (AvgIpc) is 2.62. The van der Waals surface area contributed by atoms with Crippen LogP contribution in [0.1, 0.15) is 11.1 Å². The minimum Gasteiger partial charge on any atom is -0.339 e. The zero-order chi connectivity index (χ0) is 16.8. The van der Waals surface area contributed by atoms with Crippen LogP contribution in [0.15, 0.2) is 73.3 Å². The molecule has 0 amide bonds. The highest BCUT2D eigenvalue weighted by Gasteiger charge is 2.23. The maximum absolute atomic E-state index is 12.7. The second-order valence-electron chi connectivity index (χ2n) is 4.74. The zero-order valence-corrected chi connectivity index (χ0v) is 13.3. The van der Waals surface area contributed by atoms with E-state index in [0.29, 0.717) is 5.56 Å². The van der Waals surface area contributed by atoms with E-state index in [-0.39, 0.29) is 10.9 Å². The second kappa shape index (κ2) is 7.01. The van der Waals surface area contributed by atoms with Gasteiger partial charge in [-0.1, -0.05) is 60.7 Å². The first-order chi connectivity index (χ1) is 11.6. The van der Waals surface area contributed by atoms with Gasteiger partial charge in [0.2, 0.25) is 0 Å². The Morgan fingerprint density at radius 1 is 0.875 bits per heavy atom. The van der Waals surface area contributed by atoms with Gasteiger partial charge in [0.1, 0.15) is 17.6 Å². The van der Waals surface area contributed by atoms with Crippen molar-refractivity contribution in [1.82, 2.24) is 15.0 Å². The quantitative estimate of drug-likeness (QED) is 0.525. The molecule has 1 heterocycles.